The van der Waals surface area contributed by atoms with Crippen molar-refractivity contribution in [2.45, 2.75) is 13.5 Å². The standard InChI is InChI=1S/C13H14ClN3O/c1-2-15-12-7-13(17-9-16-12)18-8-10-5-3-4-6-11(10)14/h3-7,9H,2,8H2,1H3,(H,15,16,17). The number of anilines is 1. The zero-order valence-electron chi connectivity index (χ0n) is 10.1. The van der Waals surface area contributed by atoms with Crippen LogP contribution in [0.3, 0.4) is 0 Å². The molecule has 0 aliphatic rings. The number of halogens is 1. The van der Waals surface area contributed by atoms with Crippen LogP contribution in [0, 0.1) is 0 Å². The maximum atomic E-state index is 6.05. The molecule has 0 aliphatic carbocycles. The van der Waals surface area contributed by atoms with Crippen LogP contribution in [-0.4, -0.2) is 16.5 Å². The van der Waals surface area contributed by atoms with E-state index in [2.05, 4.69) is 15.3 Å². The number of rotatable bonds is 5. The van der Waals surface area contributed by atoms with E-state index in [1.54, 1.807) is 6.07 Å². The Bertz CT molecular complexity index is 519. The van der Waals surface area contributed by atoms with Gasteiger partial charge in [0, 0.05) is 23.2 Å². The van der Waals surface area contributed by atoms with Crippen molar-refractivity contribution in [3.63, 3.8) is 0 Å². The molecule has 18 heavy (non-hydrogen) atoms. The van der Waals surface area contributed by atoms with E-state index in [0.717, 1.165) is 17.9 Å². The summed E-state index contributed by atoms with van der Waals surface area (Å²) in [6.07, 6.45) is 1.47. The fraction of sp³-hybridized carbons (Fsp3) is 0.231. The molecule has 0 amide bonds. The lowest BCUT2D eigenvalue weighted by Gasteiger charge is -2.08. The van der Waals surface area contributed by atoms with Crippen molar-refractivity contribution >= 4 is 17.4 Å². The first-order valence-electron chi connectivity index (χ1n) is 5.71. The molecular weight excluding hydrogens is 250 g/mol. The quantitative estimate of drug-likeness (QED) is 0.900. The fourth-order valence-electron chi connectivity index (χ4n) is 1.46. The van der Waals surface area contributed by atoms with Crippen LogP contribution in [0.5, 0.6) is 5.88 Å². The molecule has 0 unspecified atom stereocenters. The average molecular weight is 264 g/mol. The summed E-state index contributed by atoms with van der Waals surface area (Å²) in [5.41, 5.74) is 0.933. The Hall–Kier alpha value is -1.81. The molecule has 0 radical (unpaired) electrons. The van der Waals surface area contributed by atoms with Gasteiger partial charge in [0.2, 0.25) is 5.88 Å². The molecule has 0 aliphatic heterocycles. The maximum absolute atomic E-state index is 6.05. The summed E-state index contributed by atoms with van der Waals surface area (Å²) in [5, 5.41) is 3.79. The zero-order chi connectivity index (χ0) is 12.8. The zero-order valence-corrected chi connectivity index (χ0v) is 10.8. The summed E-state index contributed by atoms with van der Waals surface area (Å²) in [4.78, 5) is 8.12. The van der Waals surface area contributed by atoms with Crippen LogP contribution in [0.1, 0.15) is 12.5 Å². The molecule has 0 saturated heterocycles. The van der Waals surface area contributed by atoms with Gasteiger partial charge in [0.05, 0.1) is 0 Å². The Kier molecular flexibility index (Phi) is 4.36. The van der Waals surface area contributed by atoms with Gasteiger partial charge in [0.15, 0.2) is 0 Å². The maximum Gasteiger partial charge on any atom is 0.218 e. The topological polar surface area (TPSA) is 47.0 Å². The Labute approximate surface area is 111 Å². The van der Waals surface area contributed by atoms with E-state index in [9.17, 15) is 0 Å². The lowest BCUT2D eigenvalue weighted by Crippen LogP contribution is -2.02. The average Bonchev–Trinajstić information content (AvgIpc) is 2.39. The Morgan fingerprint density at radius 2 is 2.11 bits per heavy atom. The number of ether oxygens (including phenoxy) is 1. The van der Waals surface area contributed by atoms with Crippen LogP contribution in [0.15, 0.2) is 36.7 Å². The van der Waals surface area contributed by atoms with Crippen molar-refractivity contribution in [1.82, 2.24) is 9.97 Å². The van der Waals surface area contributed by atoms with Crippen LogP contribution in [0.4, 0.5) is 5.82 Å². The molecule has 1 aromatic heterocycles. The number of nitrogens with one attached hydrogen (secondary N) is 1. The summed E-state index contributed by atoms with van der Waals surface area (Å²) in [5.74, 6) is 1.28. The minimum Gasteiger partial charge on any atom is -0.473 e. The number of benzene rings is 1. The van der Waals surface area contributed by atoms with Crippen molar-refractivity contribution in [2.75, 3.05) is 11.9 Å². The largest absolute Gasteiger partial charge is 0.473 e. The van der Waals surface area contributed by atoms with Gasteiger partial charge < -0.3 is 10.1 Å². The van der Waals surface area contributed by atoms with Gasteiger partial charge in [-0.3, -0.25) is 0 Å². The van der Waals surface area contributed by atoms with E-state index in [-0.39, 0.29) is 0 Å². The lowest BCUT2D eigenvalue weighted by molar-refractivity contribution is 0.293. The highest BCUT2D eigenvalue weighted by molar-refractivity contribution is 6.31. The molecule has 1 heterocycles. The third-order valence-electron chi connectivity index (χ3n) is 2.33. The lowest BCUT2D eigenvalue weighted by atomic mass is 10.2. The highest BCUT2D eigenvalue weighted by atomic mass is 35.5. The second-order valence-corrected chi connectivity index (χ2v) is 4.06. The Morgan fingerprint density at radius 3 is 2.89 bits per heavy atom. The molecule has 0 spiro atoms. The third-order valence-corrected chi connectivity index (χ3v) is 2.70. The van der Waals surface area contributed by atoms with Crippen molar-refractivity contribution < 1.29 is 4.74 Å². The molecule has 2 rings (SSSR count). The van der Waals surface area contributed by atoms with E-state index >= 15 is 0 Å². The molecule has 2 aromatic rings. The summed E-state index contributed by atoms with van der Waals surface area (Å²) in [7, 11) is 0. The Morgan fingerprint density at radius 1 is 1.28 bits per heavy atom. The van der Waals surface area contributed by atoms with Gasteiger partial charge in [-0.1, -0.05) is 29.8 Å². The molecule has 0 bridgehead atoms. The monoisotopic (exact) mass is 263 g/mol. The molecule has 4 nitrogen and oxygen atoms in total. The second-order valence-electron chi connectivity index (χ2n) is 3.65. The molecule has 0 saturated carbocycles. The van der Waals surface area contributed by atoms with E-state index in [4.69, 9.17) is 16.3 Å². The van der Waals surface area contributed by atoms with Gasteiger partial charge in [-0.2, -0.15) is 0 Å². The molecule has 1 N–H and O–H groups in total. The van der Waals surface area contributed by atoms with E-state index < -0.39 is 0 Å². The molecule has 1 aromatic carbocycles. The van der Waals surface area contributed by atoms with Gasteiger partial charge in [-0.05, 0) is 13.0 Å². The van der Waals surface area contributed by atoms with Crippen LogP contribution >= 0.6 is 11.6 Å². The van der Waals surface area contributed by atoms with Gasteiger partial charge in [0.1, 0.15) is 18.8 Å². The SMILES string of the molecule is CCNc1cc(OCc2ccccc2Cl)ncn1. The summed E-state index contributed by atoms with van der Waals surface area (Å²) < 4.78 is 5.58. The molecule has 0 atom stereocenters. The summed E-state index contributed by atoms with van der Waals surface area (Å²) in [6.45, 7) is 3.20. The van der Waals surface area contributed by atoms with Gasteiger partial charge in [0.25, 0.3) is 0 Å². The van der Waals surface area contributed by atoms with Crippen LogP contribution in [-0.2, 0) is 6.61 Å². The highest BCUT2D eigenvalue weighted by Crippen LogP contribution is 2.18. The van der Waals surface area contributed by atoms with E-state index in [1.165, 1.54) is 6.33 Å². The molecule has 94 valence electrons. The summed E-state index contributed by atoms with van der Waals surface area (Å²) >= 11 is 6.05. The first-order valence-corrected chi connectivity index (χ1v) is 6.09. The predicted molar refractivity (Wildman–Crippen MR) is 72.0 cm³/mol. The van der Waals surface area contributed by atoms with E-state index in [1.807, 2.05) is 31.2 Å². The van der Waals surface area contributed by atoms with Crippen molar-refractivity contribution in [3.8, 4) is 5.88 Å². The van der Waals surface area contributed by atoms with Crippen LogP contribution < -0.4 is 10.1 Å². The van der Waals surface area contributed by atoms with Crippen molar-refractivity contribution in [3.05, 3.63) is 47.2 Å². The Balaban J connectivity index is 2.02. The normalized spacial score (nSPS) is 10.1. The van der Waals surface area contributed by atoms with Gasteiger partial charge in [-0.25, -0.2) is 9.97 Å². The molecular formula is C13H14ClN3O. The predicted octanol–water partition coefficient (Wildman–Crippen LogP) is 3.14. The number of hydrogen-bond donors (Lipinski definition) is 1. The van der Waals surface area contributed by atoms with Crippen molar-refractivity contribution in [2.24, 2.45) is 0 Å². The molecule has 0 fully saturated rings. The molecule has 5 heteroatoms. The summed E-state index contributed by atoms with van der Waals surface area (Å²) in [6, 6.07) is 9.34. The number of aromatic nitrogens is 2. The second kappa shape index (κ2) is 6.21. The van der Waals surface area contributed by atoms with Crippen LogP contribution in [0.2, 0.25) is 5.02 Å². The fourth-order valence-corrected chi connectivity index (χ4v) is 1.65. The third kappa shape index (κ3) is 3.34. The first-order chi connectivity index (χ1) is 8.79. The first kappa shape index (κ1) is 12.6. The minimum atomic E-state index is 0.391. The van der Waals surface area contributed by atoms with Gasteiger partial charge >= 0.3 is 0 Å². The highest BCUT2D eigenvalue weighted by Gasteiger charge is 2.02. The number of hydrogen-bond acceptors (Lipinski definition) is 4. The number of nitrogens with zero attached hydrogens (tertiary/aromatic N) is 2. The van der Waals surface area contributed by atoms with E-state index in [0.29, 0.717) is 17.5 Å². The van der Waals surface area contributed by atoms with Crippen LogP contribution in [0.25, 0.3) is 0 Å². The smallest absolute Gasteiger partial charge is 0.218 e. The van der Waals surface area contributed by atoms with Gasteiger partial charge in [-0.15, -0.1) is 0 Å². The van der Waals surface area contributed by atoms with Crippen molar-refractivity contribution in [1.29, 1.82) is 0 Å². The minimum absolute atomic E-state index is 0.391.